The Morgan fingerprint density at radius 1 is 1.12 bits per heavy atom. The van der Waals surface area contributed by atoms with Crippen LogP contribution in [-0.4, -0.2) is 11.5 Å². The molecular weight excluding hydrogens is 296 g/mol. The standard InChI is InChI=1S/C21H30N2O/c1-15(2)19(3)11-7-16-17(8-12-19)24-18(23-16)20(4)13-21(14-22-20)9-5-6-10-21/h7-8,11-12,15,22H,5-6,9-10,13-14H2,1-4H3. The van der Waals surface area contributed by atoms with Crippen LogP contribution in [0.3, 0.4) is 0 Å². The Kier molecular flexibility index (Phi) is 3.58. The zero-order valence-electron chi connectivity index (χ0n) is 15.5. The number of nitrogens with one attached hydrogen (secondary N) is 1. The van der Waals surface area contributed by atoms with Crippen LogP contribution < -0.4 is 5.32 Å². The molecule has 24 heavy (non-hydrogen) atoms. The predicted octanol–water partition coefficient (Wildman–Crippen LogP) is 5.15. The number of fused-ring (bicyclic) bond motifs is 1. The van der Waals surface area contributed by atoms with Crippen molar-refractivity contribution in [1.29, 1.82) is 0 Å². The van der Waals surface area contributed by atoms with Gasteiger partial charge in [0.1, 0.15) is 5.69 Å². The van der Waals surface area contributed by atoms with Gasteiger partial charge in [0.05, 0.1) is 5.54 Å². The summed E-state index contributed by atoms with van der Waals surface area (Å²) in [4.78, 5) is 4.88. The Hall–Kier alpha value is -1.35. The number of hydrogen-bond acceptors (Lipinski definition) is 3. The number of rotatable bonds is 2. The number of allylic oxidation sites excluding steroid dienone is 2. The lowest BCUT2D eigenvalue weighted by molar-refractivity contribution is 0.267. The molecule has 130 valence electrons. The first kappa shape index (κ1) is 16.1. The van der Waals surface area contributed by atoms with E-state index >= 15 is 0 Å². The monoisotopic (exact) mass is 326 g/mol. The van der Waals surface area contributed by atoms with E-state index in [1.807, 2.05) is 0 Å². The van der Waals surface area contributed by atoms with Crippen molar-refractivity contribution in [3.63, 3.8) is 0 Å². The van der Waals surface area contributed by atoms with Crippen LogP contribution >= 0.6 is 0 Å². The molecule has 1 aromatic heterocycles. The second-order valence-corrected chi connectivity index (χ2v) is 9.03. The number of nitrogens with zero attached hydrogens (tertiary/aromatic N) is 1. The van der Waals surface area contributed by atoms with E-state index in [4.69, 9.17) is 9.40 Å². The molecule has 2 atom stereocenters. The van der Waals surface area contributed by atoms with E-state index in [1.54, 1.807) is 0 Å². The molecule has 3 heteroatoms. The lowest BCUT2D eigenvalue weighted by atomic mass is 9.79. The third-order valence-corrected chi connectivity index (χ3v) is 6.84. The van der Waals surface area contributed by atoms with Gasteiger partial charge in [0.25, 0.3) is 0 Å². The molecule has 2 aliphatic carbocycles. The highest BCUT2D eigenvalue weighted by Crippen LogP contribution is 2.50. The largest absolute Gasteiger partial charge is 0.439 e. The van der Waals surface area contributed by atoms with Crippen molar-refractivity contribution in [2.45, 2.75) is 65.3 Å². The van der Waals surface area contributed by atoms with Crippen molar-refractivity contribution in [2.75, 3.05) is 6.54 Å². The van der Waals surface area contributed by atoms with E-state index in [2.05, 4.69) is 57.3 Å². The molecule has 0 amide bonds. The number of oxazole rings is 1. The van der Waals surface area contributed by atoms with E-state index in [-0.39, 0.29) is 11.0 Å². The van der Waals surface area contributed by atoms with Gasteiger partial charge in [-0.05, 0) is 49.7 Å². The molecule has 1 aromatic rings. The molecule has 0 bridgehead atoms. The van der Waals surface area contributed by atoms with Crippen LogP contribution in [0.15, 0.2) is 16.6 Å². The molecular formula is C21H30N2O. The maximum absolute atomic E-state index is 6.24. The van der Waals surface area contributed by atoms with Crippen LogP contribution in [0.2, 0.25) is 0 Å². The normalized spacial score (nSPS) is 34.2. The first-order valence-electron chi connectivity index (χ1n) is 9.49. The molecule has 0 aromatic carbocycles. The lowest BCUT2D eigenvalue weighted by Crippen LogP contribution is -2.33. The van der Waals surface area contributed by atoms with Crippen LogP contribution in [0.5, 0.6) is 0 Å². The highest BCUT2D eigenvalue weighted by Gasteiger charge is 2.49. The molecule has 1 N–H and O–H groups in total. The molecule has 2 unspecified atom stereocenters. The summed E-state index contributed by atoms with van der Waals surface area (Å²) in [6.07, 6.45) is 15.4. The molecule has 4 rings (SSSR count). The average Bonchev–Trinajstić information content (AvgIpc) is 3.22. The van der Waals surface area contributed by atoms with Gasteiger partial charge in [0, 0.05) is 12.0 Å². The van der Waals surface area contributed by atoms with Crippen molar-refractivity contribution in [2.24, 2.45) is 16.7 Å². The minimum atomic E-state index is -0.125. The number of hydrogen-bond donors (Lipinski definition) is 1. The quantitative estimate of drug-likeness (QED) is 0.817. The Labute approximate surface area is 145 Å². The molecule has 3 aliphatic rings. The predicted molar refractivity (Wildman–Crippen MR) is 98.4 cm³/mol. The van der Waals surface area contributed by atoms with Crippen molar-refractivity contribution in [3.8, 4) is 0 Å². The first-order chi connectivity index (χ1) is 11.3. The average molecular weight is 326 g/mol. The third kappa shape index (κ3) is 2.48. The van der Waals surface area contributed by atoms with Gasteiger partial charge in [-0.1, -0.05) is 45.8 Å². The Balaban J connectivity index is 1.62. The van der Waals surface area contributed by atoms with Gasteiger partial charge in [-0.25, -0.2) is 4.98 Å². The highest BCUT2D eigenvalue weighted by atomic mass is 16.4. The Morgan fingerprint density at radius 3 is 2.54 bits per heavy atom. The summed E-state index contributed by atoms with van der Waals surface area (Å²) >= 11 is 0. The van der Waals surface area contributed by atoms with Gasteiger partial charge in [-0.15, -0.1) is 0 Å². The van der Waals surface area contributed by atoms with E-state index in [0.29, 0.717) is 11.3 Å². The maximum Gasteiger partial charge on any atom is 0.215 e. The van der Waals surface area contributed by atoms with Gasteiger partial charge >= 0.3 is 0 Å². The van der Waals surface area contributed by atoms with Crippen molar-refractivity contribution >= 4 is 12.2 Å². The summed E-state index contributed by atoms with van der Waals surface area (Å²) in [5.74, 6) is 2.31. The van der Waals surface area contributed by atoms with Crippen molar-refractivity contribution in [3.05, 3.63) is 29.5 Å². The third-order valence-electron chi connectivity index (χ3n) is 6.84. The smallest absolute Gasteiger partial charge is 0.215 e. The Morgan fingerprint density at radius 2 is 1.83 bits per heavy atom. The summed E-state index contributed by atoms with van der Waals surface area (Å²) in [5, 5.41) is 3.74. The minimum absolute atomic E-state index is 0.0623. The van der Waals surface area contributed by atoms with Crippen molar-refractivity contribution < 1.29 is 4.42 Å². The second kappa shape index (κ2) is 5.32. The molecule has 2 heterocycles. The topological polar surface area (TPSA) is 38.1 Å². The SMILES string of the molecule is CC(C)C1(C)C=Cc2nc(C3(C)CC4(CCCC4)CN3)oc2C=C1. The second-order valence-electron chi connectivity index (χ2n) is 9.03. The van der Waals surface area contributed by atoms with Gasteiger partial charge < -0.3 is 9.73 Å². The van der Waals surface area contributed by atoms with Crippen LogP contribution in [0.4, 0.5) is 0 Å². The maximum atomic E-state index is 6.24. The van der Waals surface area contributed by atoms with E-state index in [0.717, 1.165) is 30.3 Å². The van der Waals surface area contributed by atoms with E-state index < -0.39 is 0 Å². The molecule has 1 saturated heterocycles. The molecule has 1 saturated carbocycles. The highest BCUT2D eigenvalue weighted by molar-refractivity contribution is 5.63. The zero-order chi connectivity index (χ0) is 17.0. The summed E-state index contributed by atoms with van der Waals surface area (Å²) in [5.41, 5.74) is 1.38. The molecule has 2 fully saturated rings. The first-order valence-corrected chi connectivity index (χ1v) is 9.49. The minimum Gasteiger partial charge on any atom is -0.439 e. The number of aromatic nitrogens is 1. The molecule has 0 radical (unpaired) electrons. The zero-order valence-corrected chi connectivity index (χ0v) is 15.5. The fraction of sp³-hybridized carbons (Fsp3) is 0.667. The Bertz CT molecular complexity index is 659. The summed E-state index contributed by atoms with van der Waals surface area (Å²) in [7, 11) is 0. The van der Waals surface area contributed by atoms with Crippen LogP contribution in [0.1, 0.15) is 77.1 Å². The van der Waals surface area contributed by atoms with Gasteiger partial charge in [0.15, 0.2) is 5.76 Å². The summed E-state index contributed by atoms with van der Waals surface area (Å²) in [6.45, 7) is 10.1. The van der Waals surface area contributed by atoms with Gasteiger partial charge in [-0.3, -0.25) is 0 Å². The molecule has 1 spiro atoms. The fourth-order valence-corrected chi connectivity index (χ4v) is 4.66. The fourth-order valence-electron chi connectivity index (χ4n) is 4.66. The van der Waals surface area contributed by atoms with Crippen LogP contribution in [0.25, 0.3) is 12.2 Å². The summed E-state index contributed by atoms with van der Waals surface area (Å²) in [6, 6.07) is 0. The van der Waals surface area contributed by atoms with Gasteiger partial charge in [-0.2, -0.15) is 0 Å². The van der Waals surface area contributed by atoms with E-state index in [9.17, 15) is 0 Å². The van der Waals surface area contributed by atoms with Crippen LogP contribution in [-0.2, 0) is 5.54 Å². The molecule has 3 nitrogen and oxygen atoms in total. The van der Waals surface area contributed by atoms with Crippen LogP contribution in [0, 0.1) is 16.7 Å². The van der Waals surface area contributed by atoms with Crippen molar-refractivity contribution in [1.82, 2.24) is 10.3 Å². The summed E-state index contributed by atoms with van der Waals surface area (Å²) < 4.78 is 6.24. The van der Waals surface area contributed by atoms with Gasteiger partial charge in [0.2, 0.25) is 5.89 Å². The molecule has 1 aliphatic heterocycles. The lowest BCUT2D eigenvalue weighted by Gasteiger charge is -2.26. The van der Waals surface area contributed by atoms with E-state index in [1.165, 1.54) is 25.7 Å².